The van der Waals surface area contributed by atoms with Gasteiger partial charge >= 0.3 is 0 Å². The van der Waals surface area contributed by atoms with Crippen molar-refractivity contribution in [1.29, 1.82) is 0 Å². The summed E-state index contributed by atoms with van der Waals surface area (Å²) in [5, 5.41) is -0.0150. The maximum absolute atomic E-state index is 5.45. The van der Waals surface area contributed by atoms with Gasteiger partial charge < -0.3 is 5.73 Å². The van der Waals surface area contributed by atoms with Gasteiger partial charge in [-0.2, -0.15) is 15.0 Å². The maximum Gasteiger partial charge on any atom is 0.227 e. The minimum Gasteiger partial charge on any atom is -0.368 e. The van der Waals surface area contributed by atoms with Gasteiger partial charge in [0.1, 0.15) is 0 Å². The van der Waals surface area contributed by atoms with E-state index in [9.17, 15) is 0 Å². The van der Waals surface area contributed by atoms with Gasteiger partial charge in [-0.3, -0.25) is 0 Å². The molecule has 0 aromatic carbocycles. The van der Waals surface area contributed by atoms with Crippen molar-refractivity contribution >= 4 is 40.8 Å². The molecule has 0 atom stereocenters. The van der Waals surface area contributed by atoms with E-state index in [1.54, 1.807) is 0 Å². The minimum atomic E-state index is -0.835. The van der Waals surface area contributed by atoms with Crippen molar-refractivity contribution in [3.8, 4) is 0 Å². The Kier molecular flexibility index (Phi) is 2.70. The quantitative estimate of drug-likeness (QED) is 0.720. The van der Waals surface area contributed by atoms with Gasteiger partial charge in [0.25, 0.3) is 0 Å². The Balaban J connectivity index is 3.08. The monoisotopic (exact) mass is 212 g/mol. The van der Waals surface area contributed by atoms with Crippen molar-refractivity contribution in [3.05, 3.63) is 11.1 Å². The number of nitrogens with two attached hydrogens (primary N) is 1. The average Bonchev–Trinajstić information content (AvgIpc) is 1.85. The molecule has 0 saturated carbocycles. The fourth-order valence-electron chi connectivity index (χ4n) is 0.479. The Bertz CT molecular complexity index is 243. The molecule has 1 heterocycles. The highest BCUT2D eigenvalue weighted by Gasteiger charge is 2.09. The molecule has 2 N–H and O–H groups in total. The van der Waals surface area contributed by atoms with E-state index < -0.39 is 4.84 Å². The molecular formula is C4H3Cl3N4. The molecule has 0 fully saturated rings. The smallest absolute Gasteiger partial charge is 0.227 e. The van der Waals surface area contributed by atoms with Crippen LogP contribution in [0.15, 0.2) is 0 Å². The van der Waals surface area contributed by atoms with Gasteiger partial charge in [0, 0.05) is 0 Å². The largest absolute Gasteiger partial charge is 0.368 e. The van der Waals surface area contributed by atoms with Crippen LogP contribution in [0.1, 0.15) is 10.7 Å². The molecule has 4 nitrogen and oxygen atoms in total. The van der Waals surface area contributed by atoms with Crippen molar-refractivity contribution in [1.82, 2.24) is 15.0 Å². The molecule has 11 heavy (non-hydrogen) atoms. The third-order valence-corrected chi connectivity index (χ3v) is 1.40. The van der Waals surface area contributed by atoms with Crippen molar-refractivity contribution in [3.63, 3.8) is 0 Å². The van der Waals surface area contributed by atoms with E-state index in [-0.39, 0.29) is 17.1 Å². The SMILES string of the molecule is Nc1nc(Cl)nc(C(Cl)Cl)n1. The Labute approximate surface area is 77.7 Å². The van der Waals surface area contributed by atoms with E-state index in [1.807, 2.05) is 0 Å². The number of nitrogen functional groups attached to an aromatic ring is 1. The molecule has 0 radical (unpaired) electrons. The predicted octanol–water partition coefficient (Wildman–Crippen LogP) is 1.58. The van der Waals surface area contributed by atoms with Crippen LogP contribution in [0.25, 0.3) is 0 Å². The van der Waals surface area contributed by atoms with Crippen molar-refractivity contribution in [2.75, 3.05) is 5.73 Å². The number of hydrogen-bond acceptors (Lipinski definition) is 4. The van der Waals surface area contributed by atoms with Gasteiger partial charge in [0.2, 0.25) is 11.2 Å². The number of alkyl halides is 2. The zero-order chi connectivity index (χ0) is 8.43. The zero-order valence-corrected chi connectivity index (χ0v) is 7.40. The first-order chi connectivity index (χ1) is 5.09. The number of anilines is 1. The Morgan fingerprint density at radius 2 is 1.82 bits per heavy atom. The van der Waals surface area contributed by atoms with Crippen LogP contribution in [0.2, 0.25) is 5.28 Å². The van der Waals surface area contributed by atoms with Crippen LogP contribution in [0.3, 0.4) is 0 Å². The lowest BCUT2D eigenvalue weighted by Crippen LogP contribution is -2.02. The van der Waals surface area contributed by atoms with Crippen LogP contribution in [0, 0.1) is 0 Å². The number of nitrogens with zero attached hydrogens (tertiary/aromatic N) is 3. The molecule has 0 aliphatic carbocycles. The van der Waals surface area contributed by atoms with E-state index in [1.165, 1.54) is 0 Å². The Hall–Kier alpha value is -0.320. The third-order valence-electron chi connectivity index (χ3n) is 0.838. The highest BCUT2D eigenvalue weighted by molar-refractivity contribution is 6.43. The second-order valence-corrected chi connectivity index (χ2v) is 3.06. The van der Waals surface area contributed by atoms with Crippen LogP contribution < -0.4 is 5.73 Å². The lowest BCUT2D eigenvalue weighted by Gasteiger charge is -1.99. The van der Waals surface area contributed by atoms with Crippen molar-refractivity contribution in [2.45, 2.75) is 4.84 Å². The normalized spacial score (nSPS) is 10.5. The molecule has 0 bridgehead atoms. The van der Waals surface area contributed by atoms with Gasteiger partial charge in [-0.25, -0.2) is 0 Å². The summed E-state index contributed by atoms with van der Waals surface area (Å²) in [6.45, 7) is 0. The summed E-state index contributed by atoms with van der Waals surface area (Å²) in [6, 6.07) is 0. The molecule has 0 aliphatic heterocycles. The molecule has 60 valence electrons. The van der Waals surface area contributed by atoms with E-state index in [0.717, 1.165) is 0 Å². The third kappa shape index (κ3) is 2.32. The van der Waals surface area contributed by atoms with Crippen molar-refractivity contribution in [2.24, 2.45) is 0 Å². The van der Waals surface area contributed by atoms with Crippen molar-refractivity contribution < 1.29 is 0 Å². The summed E-state index contributed by atoms with van der Waals surface area (Å²) in [5.41, 5.74) is 5.23. The number of rotatable bonds is 1. The van der Waals surface area contributed by atoms with Crippen LogP contribution in [-0.4, -0.2) is 15.0 Å². The topological polar surface area (TPSA) is 64.7 Å². The second kappa shape index (κ2) is 3.38. The maximum atomic E-state index is 5.45. The molecule has 0 spiro atoms. The first-order valence-electron chi connectivity index (χ1n) is 2.54. The highest BCUT2D eigenvalue weighted by atomic mass is 35.5. The summed E-state index contributed by atoms with van der Waals surface area (Å²) in [5.74, 6) is 0.164. The fraction of sp³-hybridized carbons (Fsp3) is 0.250. The van der Waals surface area contributed by atoms with Gasteiger partial charge in [0.05, 0.1) is 0 Å². The summed E-state index contributed by atoms with van der Waals surface area (Å²) in [7, 11) is 0. The lowest BCUT2D eigenvalue weighted by atomic mass is 10.7. The number of aromatic nitrogens is 3. The molecule has 0 unspecified atom stereocenters. The Morgan fingerprint density at radius 3 is 2.27 bits per heavy atom. The summed E-state index contributed by atoms with van der Waals surface area (Å²) in [4.78, 5) is 9.96. The standard InChI is InChI=1S/C4H3Cl3N4/c5-1(6)2-9-3(7)11-4(8)10-2/h1H,(H2,8,9,10,11). The molecule has 7 heteroatoms. The molecule has 0 amide bonds. The van der Waals surface area contributed by atoms with E-state index in [4.69, 9.17) is 40.5 Å². The Morgan fingerprint density at radius 1 is 1.18 bits per heavy atom. The molecule has 0 saturated heterocycles. The molecule has 0 aliphatic rings. The minimum absolute atomic E-state index is 0.00583. The molecule has 1 aromatic heterocycles. The second-order valence-electron chi connectivity index (χ2n) is 1.62. The molecular weight excluding hydrogens is 210 g/mol. The predicted molar refractivity (Wildman–Crippen MR) is 43.7 cm³/mol. The first kappa shape index (κ1) is 8.77. The molecule has 1 aromatic rings. The van der Waals surface area contributed by atoms with E-state index in [0.29, 0.717) is 0 Å². The van der Waals surface area contributed by atoms with Crippen LogP contribution in [0.5, 0.6) is 0 Å². The zero-order valence-electron chi connectivity index (χ0n) is 5.13. The van der Waals surface area contributed by atoms with Gasteiger partial charge in [0.15, 0.2) is 10.7 Å². The number of halogens is 3. The average molecular weight is 213 g/mol. The summed E-state index contributed by atoms with van der Waals surface area (Å²) in [6.07, 6.45) is 0. The number of hydrogen-bond donors (Lipinski definition) is 1. The van der Waals surface area contributed by atoms with Crippen LogP contribution in [0.4, 0.5) is 5.95 Å². The van der Waals surface area contributed by atoms with Gasteiger partial charge in [-0.05, 0) is 11.6 Å². The lowest BCUT2D eigenvalue weighted by molar-refractivity contribution is 0.960. The fourth-order valence-corrected chi connectivity index (χ4v) is 0.847. The summed E-state index contributed by atoms with van der Waals surface area (Å²) >= 11 is 16.3. The van der Waals surface area contributed by atoms with Crippen LogP contribution in [-0.2, 0) is 0 Å². The first-order valence-corrected chi connectivity index (χ1v) is 3.80. The summed E-state index contributed by atoms with van der Waals surface area (Å²) < 4.78 is 0. The molecule has 1 rings (SSSR count). The van der Waals surface area contributed by atoms with Gasteiger partial charge in [-0.15, -0.1) is 0 Å². The van der Waals surface area contributed by atoms with E-state index >= 15 is 0 Å². The van der Waals surface area contributed by atoms with Crippen LogP contribution >= 0.6 is 34.8 Å². The highest BCUT2D eigenvalue weighted by Crippen LogP contribution is 2.21. The van der Waals surface area contributed by atoms with Gasteiger partial charge in [-0.1, -0.05) is 23.2 Å². The van der Waals surface area contributed by atoms with E-state index in [2.05, 4.69) is 15.0 Å².